The van der Waals surface area contributed by atoms with E-state index in [9.17, 15) is 10.2 Å². The number of aromatic nitrogens is 3. The lowest BCUT2D eigenvalue weighted by atomic mass is 10.0. The largest absolute Gasteiger partial charge is 0.394 e. The minimum absolute atomic E-state index is 0.273. The Morgan fingerprint density at radius 2 is 1.88 bits per heavy atom. The Morgan fingerprint density at radius 3 is 2.59 bits per heavy atom. The number of hydrogen-bond acceptors (Lipinski definition) is 7. The Bertz CT molecular complexity index is 1440. The zero-order chi connectivity index (χ0) is 22.2. The van der Waals surface area contributed by atoms with Crippen LogP contribution in [0.15, 0.2) is 48.8 Å². The second-order valence-electron chi connectivity index (χ2n) is 7.66. The summed E-state index contributed by atoms with van der Waals surface area (Å²) in [4.78, 5) is 4.24. The predicted octanol–water partition coefficient (Wildman–Crippen LogP) is 2.08. The number of pyridine rings is 1. The zero-order valence-corrected chi connectivity index (χ0v) is 16.9. The quantitative estimate of drug-likeness (QED) is 0.419. The molecule has 3 heterocycles. The highest BCUT2D eigenvalue weighted by atomic mass is 16.5. The molecule has 158 valence electrons. The van der Waals surface area contributed by atoms with Gasteiger partial charge >= 0.3 is 0 Å². The summed E-state index contributed by atoms with van der Waals surface area (Å²) in [6, 6.07) is 13.5. The van der Waals surface area contributed by atoms with Crippen LogP contribution in [0.2, 0.25) is 0 Å². The summed E-state index contributed by atoms with van der Waals surface area (Å²) in [6.07, 6.45) is 1.51. The molecule has 1 fully saturated rings. The van der Waals surface area contributed by atoms with E-state index in [4.69, 9.17) is 15.7 Å². The van der Waals surface area contributed by atoms with Gasteiger partial charge in [0, 0.05) is 18.2 Å². The summed E-state index contributed by atoms with van der Waals surface area (Å²) in [5, 5.41) is 35.6. The molecule has 2 aromatic heterocycles. The number of fused-ring (bicyclic) bond motifs is 2. The first kappa shape index (κ1) is 20.0. The highest BCUT2D eigenvalue weighted by Gasteiger charge is 2.35. The van der Waals surface area contributed by atoms with E-state index in [1.165, 1.54) is 0 Å². The number of aliphatic hydroxyl groups excluding tert-OH is 2. The summed E-state index contributed by atoms with van der Waals surface area (Å²) in [7, 11) is 0. The van der Waals surface area contributed by atoms with Gasteiger partial charge in [-0.25, -0.2) is 9.67 Å². The number of rotatable bonds is 2. The molecule has 1 aliphatic rings. The Kier molecular flexibility index (Phi) is 4.96. The van der Waals surface area contributed by atoms with Crippen molar-refractivity contribution in [2.24, 2.45) is 0 Å². The minimum atomic E-state index is -0.780. The SMILES string of the molecule is N#Cc1ccc2cc(C#Cc3cnc(N)c4cnn([C@H]5C[C@H](O)[C@@H](CO)O5)c34)ccc2c1. The molecule has 0 unspecified atom stereocenters. The lowest BCUT2D eigenvalue weighted by Crippen LogP contribution is -2.24. The molecule has 3 atom stereocenters. The lowest BCUT2D eigenvalue weighted by molar-refractivity contribution is -0.0468. The number of nitrogens with two attached hydrogens (primary N) is 1. The first-order chi connectivity index (χ1) is 15.6. The molecule has 0 amide bonds. The summed E-state index contributed by atoms with van der Waals surface area (Å²) in [6.45, 7) is -0.273. The molecule has 8 nitrogen and oxygen atoms in total. The smallest absolute Gasteiger partial charge is 0.154 e. The van der Waals surface area contributed by atoms with E-state index in [2.05, 4.69) is 28.0 Å². The lowest BCUT2D eigenvalue weighted by Gasteiger charge is -2.14. The van der Waals surface area contributed by atoms with Crippen molar-refractivity contribution in [2.75, 3.05) is 12.3 Å². The van der Waals surface area contributed by atoms with E-state index >= 15 is 0 Å². The van der Waals surface area contributed by atoms with Gasteiger partial charge in [-0.1, -0.05) is 24.0 Å². The van der Waals surface area contributed by atoms with Crippen molar-refractivity contribution >= 4 is 27.5 Å². The molecule has 5 rings (SSSR count). The fourth-order valence-corrected chi connectivity index (χ4v) is 3.95. The van der Waals surface area contributed by atoms with E-state index in [1.807, 2.05) is 30.3 Å². The van der Waals surface area contributed by atoms with Gasteiger partial charge in [-0.05, 0) is 35.0 Å². The Hall–Kier alpha value is -3.95. The molecule has 1 saturated heterocycles. The van der Waals surface area contributed by atoms with Gasteiger partial charge in [-0.3, -0.25) is 0 Å². The van der Waals surface area contributed by atoms with Crippen molar-refractivity contribution in [3.63, 3.8) is 0 Å². The number of anilines is 1. The van der Waals surface area contributed by atoms with Crippen LogP contribution >= 0.6 is 0 Å². The molecule has 32 heavy (non-hydrogen) atoms. The van der Waals surface area contributed by atoms with E-state index in [1.54, 1.807) is 23.1 Å². The van der Waals surface area contributed by atoms with Gasteiger partial charge in [0.15, 0.2) is 6.23 Å². The maximum Gasteiger partial charge on any atom is 0.154 e. The van der Waals surface area contributed by atoms with Gasteiger partial charge in [-0.2, -0.15) is 10.4 Å². The molecule has 0 bridgehead atoms. The van der Waals surface area contributed by atoms with Gasteiger partial charge in [0.25, 0.3) is 0 Å². The van der Waals surface area contributed by atoms with Gasteiger partial charge in [-0.15, -0.1) is 0 Å². The molecule has 4 aromatic rings. The van der Waals surface area contributed by atoms with Crippen molar-refractivity contribution in [3.8, 4) is 17.9 Å². The fourth-order valence-electron chi connectivity index (χ4n) is 3.95. The Morgan fingerprint density at radius 1 is 1.12 bits per heavy atom. The van der Waals surface area contributed by atoms with Crippen LogP contribution in [0.5, 0.6) is 0 Å². The van der Waals surface area contributed by atoms with Crippen LogP contribution in [-0.2, 0) is 4.74 Å². The van der Waals surface area contributed by atoms with E-state index in [0.717, 1.165) is 16.3 Å². The molecule has 2 aromatic carbocycles. The predicted molar refractivity (Wildman–Crippen MR) is 118 cm³/mol. The molecular formula is C24H19N5O3. The van der Waals surface area contributed by atoms with E-state index in [-0.39, 0.29) is 6.61 Å². The highest BCUT2D eigenvalue weighted by molar-refractivity contribution is 5.92. The monoisotopic (exact) mass is 425 g/mol. The summed E-state index contributed by atoms with van der Waals surface area (Å²) >= 11 is 0. The van der Waals surface area contributed by atoms with Gasteiger partial charge < -0.3 is 20.7 Å². The molecule has 8 heteroatoms. The third-order valence-electron chi connectivity index (χ3n) is 5.63. The third kappa shape index (κ3) is 3.43. The second-order valence-corrected chi connectivity index (χ2v) is 7.66. The molecule has 0 spiro atoms. The maximum absolute atomic E-state index is 10.1. The first-order valence-electron chi connectivity index (χ1n) is 10.1. The average molecular weight is 425 g/mol. The van der Waals surface area contributed by atoms with Crippen LogP contribution in [0, 0.1) is 23.2 Å². The van der Waals surface area contributed by atoms with Crippen molar-refractivity contribution < 1.29 is 14.9 Å². The molecule has 0 aliphatic carbocycles. The number of hydrogen-bond donors (Lipinski definition) is 3. The van der Waals surface area contributed by atoms with Gasteiger partial charge in [0.05, 0.1) is 47.0 Å². The molecule has 1 aliphatic heterocycles. The van der Waals surface area contributed by atoms with Crippen LogP contribution in [0.1, 0.15) is 29.3 Å². The van der Waals surface area contributed by atoms with Crippen LogP contribution in [-0.4, -0.2) is 43.8 Å². The number of nitrogens with zero attached hydrogens (tertiary/aromatic N) is 4. The Balaban J connectivity index is 1.55. The van der Waals surface area contributed by atoms with Crippen LogP contribution in [0.4, 0.5) is 5.82 Å². The van der Waals surface area contributed by atoms with Crippen LogP contribution in [0.25, 0.3) is 21.7 Å². The average Bonchev–Trinajstić information content (AvgIpc) is 3.42. The highest BCUT2D eigenvalue weighted by Crippen LogP contribution is 2.33. The van der Waals surface area contributed by atoms with Gasteiger partial charge in [0.2, 0.25) is 0 Å². The number of ether oxygens (including phenoxy) is 1. The van der Waals surface area contributed by atoms with Crippen molar-refractivity contribution in [3.05, 3.63) is 65.5 Å². The zero-order valence-electron chi connectivity index (χ0n) is 16.9. The second kappa shape index (κ2) is 7.95. The maximum atomic E-state index is 10.1. The van der Waals surface area contributed by atoms with Crippen molar-refractivity contribution in [1.82, 2.24) is 14.8 Å². The summed E-state index contributed by atoms with van der Waals surface area (Å²) in [5.41, 5.74) is 8.76. The first-order valence-corrected chi connectivity index (χ1v) is 10.1. The number of nitrogen functional groups attached to an aromatic ring is 1. The molecule has 0 saturated carbocycles. The fraction of sp³-hybridized carbons (Fsp3) is 0.208. The van der Waals surface area contributed by atoms with E-state index < -0.39 is 18.4 Å². The number of benzene rings is 2. The number of nitriles is 1. The summed E-state index contributed by atoms with van der Waals surface area (Å²) in [5.74, 6) is 6.65. The summed E-state index contributed by atoms with van der Waals surface area (Å²) < 4.78 is 7.41. The van der Waals surface area contributed by atoms with Crippen LogP contribution < -0.4 is 5.73 Å². The standard InChI is InChI=1S/C24H19N5O3/c25-10-15-3-5-16-7-14(1-4-17(16)8-15)2-6-18-11-27-24(26)19-12-28-29(23(18)19)22-9-20(31)21(13-30)32-22/h1,3-5,7-8,11-12,20-22,30-31H,9,13H2,(H2,26,27)/t20-,21+,22+/m0/s1. The molecular weight excluding hydrogens is 406 g/mol. The molecule has 0 radical (unpaired) electrons. The van der Waals surface area contributed by atoms with Crippen LogP contribution in [0.3, 0.4) is 0 Å². The van der Waals surface area contributed by atoms with Gasteiger partial charge in [0.1, 0.15) is 11.9 Å². The topological polar surface area (TPSA) is 130 Å². The molecule has 4 N–H and O–H groups in total. The van der Waals surface area contributed by atoms with Crippen molar-refractivity contribution in [1.29, 1.82) is 5.26 Å². The Labute approximate surface area is 183 Å². The van der Waals surface area contributed by atoms with Crippen molar-refractivity contribution in [2.45, 2.75) is 24.9 Å². The minimum Gasteiger partial charge on any atom is -0.394 e. The number of aliphatic hydroxyl groups is 2. The third-order valence-corrected chi connectivity index (χ3v) is 5.63. The van der Waals surface area contributed by atoms with E-state index in [0.29, 0.717) is 34.3 Å². The normalized spacial score (nSPS) is 20.2.